The summed E-state index contributed by atoms with van der Waals surface area (Å²) in [6.07, 6.45) is 0. The third-order valence-electron chi connectivity index (χ3n) is 3.43. The van der Waals surface area contributed by atoms with E-state index in [2.05, 4.69) is 4.85 Å². The predicted molar refractivity (Wildman–Crippen MR) is 76.7 cm³/mol. The highest BCUT2D eigenvalue weighted by Crippen LogP contribution is 2.42. The molecule has 0 aliphatic carbocycles. The molecular weight excluding hydrogens is 358 g/mol. The Morgan fingerprint density at radius 3 is 1.67 bits per heavy atom. The first-order valence-corrected chi connectivity index (χ1v) is 8.28. The first kappa shape index (κ1) is 22.3. The number of halogens is 4. The summed E-state index contributed by atoms with van der Waals surface area (Å²) in [5, 5.41) is -0.905. The van der Waals surface area contributed by atoms with Crippen molar-refractivity contribution in [3.63, 3.8) is 0 Å². The standard InChI is InChI=1S/C13H17F4NO5S/c1-6(2)8(7(3)4)9(19)10(18-5)24(22,23)13(16,17)12(14,15)11(20)21/h5-8,10H,1-4H3/p+1. The molecule has 0 rings (SSSR count). The molecule has 0 aromatic heterocycles. The Balaban J connectivity index is 6.22. The SMILES string of the molecule is C#[N+]C(C(=O)C(C(C)C)C(C)C)S(=O)(=O)C(F)(F)C(F)(F)C(=O)O. The number of carboxylic acid groups (broad SMARTS) is 1. The summed E-state index contributed by atoms with van der Waals surface area (Å²) < 4.78 is 77.4. The van der Waals surface area contributed by atoms with E-state index in [1.165, 1.54) is 27.7 Å². The lowest BCUT2D eigenvalue weighted by Crippen LogP contribution is -2.56. The minimum Gasteiger partial charge on any atom is -0.477 e. The molecule has 0 aliphatic heterocycles. The smallest absolute Gasteiger partial charge is 0.431 e. The summed E-state index contributed by atoms with van der Waals surface area (Å²) in [4.78, 5) is 25.1. The fraction of sp³-hybridized carbons (Fsp3) is 0.769. The number of nitrogens with zero attached hydrogens (tertiary/aromatic N) is 1. The number of carbonyl (C=O) groups excluding carboxylic acids is 1. The molecule has 0 spiro atoms. The van der Waals surface area contributed by atoms with E-state index >= 15 is 0 Å². The quantitative estimate of drug-likeness (QED) is 0.657. The van der Waals surface area contributed by atoms with Crippen molar-refractivity contribution in [2.45, 2.75) is 44.2 Å². The molecule has 1 N–H and O–H groups in total. The molecule has 0 fully saturated rings. The Morgan fingerprint density at radius 1 is 1.04 bits per heavy atom. The Bertz CT molecular complexity index is 644. The van der Waals surface area contributed by atoms with E-state index in [1.807, 2.05) is 0 Å². The fourth-order valence-electron chi connectivity index (χ4n) is 2.34. The number of Topliss-reactive ketones (excluding diaryl/α,β-unsaturated/α-hetero) is 1. The van der Waals surface area contributed by atoms with Gasteiger partial charge in [0.1, 0.15) is 0 Å². The molecule has 0 saturated heterocycles. The zero-order valence-electron chi connectivity index (χ0n) is 13.3. The maximum absolute atomic E-state index is 13.7. The summed E-state index contributed by atoms with van der Waals surface area (Å²) in [7, 11) is -6.37. The van der Waals surface area contributed by atoms with Crippen LogP contribution in [0.15, 0.2) is 0 Å². The van der Waals surface area contributed by atoms with Gasteiger partial charge in [0.15, 0.2) is 0 Å². The van der Waals surface area contributed by atoms with Crippen molar-refractivity contribution in [2.75, 3.05) is 0 Å². The number of rotatable bonds is 8. The van der Waals surface area contributed by atoms with Gasteiger partial charge in [0.25, 0.3) is 6.57 Å². The number of hydrogen-bond donors (Lipinski definition) is 1. The van der Waals surface area contributed by atoms with Gasteiger partial charge in [-0.2, -0.15) is 17.6 Å². The molecule has 1 atom stereocenters. The highest BCUT2D eigenvalue weighted by molar-refractivity contribution is 7.94. The number of sulfone groups is 1. The summed E-state index contributed by atoms with van der Waals surface area (Å²) in [6, 6.07) is 0. The lowest BCUT2D eigenvalue weighted by Gasteiger charge is -2.25. The molecule has 6 nitrogen and oxygen atoms in total. The minimum absolute atomic E-state index is 0.523. The third kappa shape index (κ3) is 3.53. The van der Waals surface area contributed by atoms with Gasteiger partial charge in [-0.25, -0.2) is 13.2 Å². The van der Waals surface area contributed by atoms with Crippen molar-refractivity contribution in [3.8, 4) is 6.57 Å². The minimum atomic E-state index is -6.37. The van der Waals surface area contributed by atoms with E-state index in [0.717, 1.165) is 0 Å². The molecule has 138 valence electrons. The number of carbonyl (C=O) groups is 2. The molecular formula is C13H18F4NO5S+. The van der Waals surface area contributed by atoms with Crippen LogP contribution in [-0.2, 0) is 19.4 Å². The van der Waals surface area contributed by atoms with Crippen molar-refractivity contribution >= 4 is 21.6 Å². The zero-order chi connectivity index (χ0) is 19.7. The van der Waals surface area contributed by atoms with Gasteiger partial charge >= 0.3 is 32.4 Å². The molecule has 0 saturated carbocycles. The Labute approximate surface area is 136 Å². The number of alkyl halides is 4. The normalized spacial score (nSPS) is 14.8. The van der Waals surface area contributed by atoms with Crippen LogP contribution < -0.4 is 0 Å². The van der Waals surface area contributed by atoms with E-state index in [9.17, 15) is 35.6 Å². The molecule has 0 radical (unpaired) electrons. The second kappa shape index (κ2) is 7.04. The topological polar surface area (TPSA) is 92.9 Å². The van der Waals surface area contributed by atoms with E-state index in [-0.39, 0.29) is 0 Å². The van der Waals surface area contributed by atoms with Gasteiger partial charge in [0, 0.05) is 5.92 Å². The first-order valence-electron chi connectivity index (χ1n) is 6.73. The summed E-state index contributed by atoms with van der Waals surface area (Å²) >= 11 is 0. The van der Waals surface area contributed by atoms with Gasteiger partial charge in [0.05, 0.1) is 0 Å². The Kier molecular flexibility index (Phi) is 6.55. The van der Waals surface area contributed by atoms with Crippen LogP contribution in [0.3, 0.4) is 0 Å². The van der Waals surface area contributed by atoms with E-state index in [1.54, 1.807) is 0 Å². The summed E-state index contributed by atoms with van der Waals surface area (Å²) in [5.74, 6) is -12.9. The Morgan fingerprint density at radius 2 is 1.42 bits per heavy atom. The van der Waals surface area contributed by atoms with Crippen molar-refractivity contribution < 1.29 is 40.7 Å². The van der Waals surface area contributed by atoms with E-state index < -0.39 is 55.9 Å². The number of ketones is 1. The lowest BCUT2D eigenvalue weighted by atomic mass is 9.82. The number of carboxylic acids is 1. The first-order chi connectivity index (χ1) is 10.6. The molecule has 0 amide bonds. The molecule has 24 heavy (non-hydrogen) atoms. The van der Waals surface area contributed by atoms with Crippen LogP contribution in [0, 0.1) is 24.3 Å². The summed E-state index contributed by atoms with van der Waals surface area (Å²) in [6.45, 7) is 10.7. The van der Waals surface area contributed by atoms with Crippen LogP contribution in [-0.4, -0.2) is 41.8 Å². The number of aliphatic carboxylic acids is 1. The van der Waals surface area contributed by atoms with Crippen molar-refractivity contribution in [3.05, 3.63) is 4.85 Å². The van der Waals surface area contributed by atoms with Gasteiger partial charge in [-0.15, -0.1) is 0 Å². The second-order valence-electron chi connectivity index (χ2n) is 5.86. The molecule has 0 aromatic carbocycles. The predicted octanol–water partition coefficient (Wildman–Crippen LogP) is 2.50. The number of hydrogen-bond acceptors (Lipinski definition) is 4. The maximum atomic E-state index is 13.7. The van der Waals surface area contributed by atoms with Gasteiger partial charge in [0.2, 0.25) is 5.78 Å². The molecule has 0 aliphatic rings. The van der Waals surface area contributed by atoms with Crippen molar-refractivity contribution in [2.24, 2.45) is 17.8 Å². The highest BCUT2D eigenvalue weighted by atomic mass is 32.2. The van der Waals surface area contributed by atoms with Crippen LogP contribution in [0.2, 0.25) is 0 Å². The molecule has 0 heterocycles. The third-order valence-corrected chi connectivity index (χ3v) is 5.34. The van der Waals surface area contributed by atoms with Gasteiger partial charge < -0.3 is 5.11 Å². The molecule has 0 aromatic rings. The summed E-state index contributed by atoms with van der Waals surface area (Å²) in [5.41, 5.74) is 0. The zero-order valence-corrected chi connectivity index (χ0v) is 14.2. The van der Waals surface area contributed by atoms with Crippen molar-refractivity contribution in [1.82, 2.24) is 0 Å². The van der Waals surface area contributed by atoms with Crippen LogP contribution in [0.5, 0.6) is 0 Å². The Hall–Kier alpha value is -1.70. The molecule has 0 bridgehead atoms. The lowest BCUT2D eigenvalue weighted by molar-refractivity contribution is -0.197. The largest absolute Gasteiger partial charge is 0.477 e. The average Bonchev–Trinajstić information content (AvgIpc) is 2.37. The van der Waals surface area contributed by atoms with Gasteiger partial charge in [-0.3, -0.25) is 4.79 Å². The molecule has 11 heteroatoms. The van der Waals surface area contributed by atoms with E-state index in [4.69, 9.17) is 11.7 Å². The van der Waals surface area contributed by atoms with Crippen LogP contribution in [0.25, 0.3) is 4.85 Å². The van der Waals surface area contributed by atoms with Crippen LogP contribution >= 0.6 is 0 Å². The maximum Gasteiger partial charge on any atom is 0.431 e. The van der Waals surface area contributed by atoms with Gasteiger partial charge in [-0.05, 0) is 11.8 Å². The highest BCUT2D eigenvalue weighted by Gasteiger charge is 2.75. The van der Waals surface area contributed by atoms with Crippen molar-refractivity contribution in [1.29, 1.82) is 0 Å². The van der Waals surface area contributed by atoms with Crippen LogP contribution in [0.4, 0.5) is 17.6 Å². The molecule has 1 unspecified atom stereocenters. The van der Waals surface area contributed by atoms with Gasteiger partial charge in [-0.1, -0.05) is 32.5 Å². The van der Waals surface area contributed by atoms with E-state index in [0.29, 0.717) is 0 Å². The monoisotopic (exact) mass is 376 g/mol. The van der Waals surface area contributed by atoms with Crippen LogP contribution in [0.1, 0.15) is 27.7 Å². The second-order valence-corrected chi connectivity index (χ2v) is 7.91. The average molecular weight is 376 g/mol. The fourth-order valence-corrected chi connectivity index (χ4v) is 3.69.